The molecule has 0 aliphatic carbocycles. The molecule has 0 saturated carbocycles. The zero-order valence-electron chi connectivity index (χ0n) is 10.6. The van der Waals surface area contributed by atoms with Crippen LogP contribution in [0.25, 0.3) is 0 Å². The minimum Gasteiger partial charge on any atom is -0.481 e. The molecule has 100 valence electrons. The third-order valence-corrected chi connectivity index (χ3v) is 3.44. The fourth-order valence-electron chi connectivity index (χ4n) is 1.40. The zero-order chi connectivity index (χ0) is 14.3. The molecular formula is C14H15NO3S. The van der Waals surface area contributed by atoms with Crippen LogP contribution in [-0.2, 0) is 16.0 Å². The monoisotopic (exact) mass is 277 g/mol. The van der Waals surface area contributed by atoms with Gasteiger partial charge in [0.2, 0.25) is 5.91 Å². The minimum atomic E-state index is -0.859. The quantitative estimate of drug-likeness (QED) is 0.611. The van der Waals surface area contributed by atoms with Gasteiger partial charge in [-0.2, -0.15) is 0 Å². The first-order chi connectivity index (χ1) is 9.02. The van der Waals surface area contributed by atoms with E-state index in [0.717, 1.165) is 10.5 Å². The molecular weight excluding hydrogens is 262 g/mol. The summed E-state index contributed by atoms with van der Waals surface area (Å²) in [6.45, 7) is 2.02. The fourth-order valence-corrected chi connectivity index (χ4v) is 2.29. The molecule has 1 aromatic carbocycles. The number of nitrogens with one attached hydrogen (secondary N) is 1. The number of thioether (sulfide) groups is 1. The average Bonchev–Trinajstić information content (AvgIpc) is 2.37. The van der Waals surface area contributed by atoms with Crippen LogP contribution in [0.2, 0.25) is 0 Å². The molecule has 0 bridgehead atoms. The van der Waals surface area contributed by atoms with Gasteiger partial charge in [-0.25, -0.2) is 0 Å². The van der Waals surface area contributed by atoms with Crippen LogP contribution in [0.4, 0.5) is 0 Å². The summed E-state index contributed by atoms with van der Waals surface area (Å²) >= 11 is 1.40. The standard InChI is InChI=1S/C14H15NO3S/c1-3-8-15-14(18)10(2)19-12-6-4-11(5-7-12)9-13(16)17/h1,4-7,10H,8-9H2,2H3,(H,15,18)(H,16,17). The second kappa shape index (κ2) is 7.49. The van der Waals surface area contributed by atoms with Crippen molar-refractivity contribution < 1.29 is 14.7 Å². The Morgan fingerprint density at radius 1 is 1.42 bits per heavy atom. The van der Waals surface area contributed by atoms with E-state index in [4.69, 9.17) is 11.5 Å². The van der Waals surface area contributed by atoms with Crippen molar-refractivity contribution in [1.29, 1.82) is 0 Å². The molecule has 1 unspecified atom stereocenters. The predicted molar refractivity (Wildman–Crippen MR) is 74.9 cm³/mol. The Morgan fingerprint density at radius 3 is 2.58 bits per heavy atom. The summed E-state index contributed by atoms with van der Waals surface area (Å²) in [5.74, 6) is 1.37. The first-order valence-corrected chi connectivity index (χ1v) is 6.59. The molecule has 1 aromatic rings. The Hall–Kier alpha value is -1.93. The van der Waals surface area contributed by atoms with Gasteiger partial charge in [-0.1, -0.05) is 18.1 Å². The number of amides is 1. The normalized spacial score (nSPS) is 11.4. The van der Waals surface area contributed by atoms with Crippen molar-refractivity contribution in [3.05, 3.63) is 29.8 Å². The van der Waals surface area contributed by atoms with E-state index in [-0.39, 0.29) is 24.1 Å². The molecule has 0 fully saturated rings. The number of carboxylic acids is 1. The van der Waals surface area contributed by atoms with Gasteiger partial charge in [-0.15, -0.1) is 18.2 Å². The van der Waals surface area contributed by atoms with Crippen LogP contribution in [0.5, 0.6) is 0 Å². The van der Waals surface area contributed by atoms with Crippen LogP contribution in [0, 0.1) is 12.3 Å². The first-order valence-electron chi connectivity index (χ1n) is 5.71. The second-order valence-corrected chi connectivity index (χ2v) is 5.31. The van der Waals surface area contributed by atoms with E-state index in [9.17, 15) is 9.59 Å². The number of hydrogen-bond donors (Lipinski definition) is 2. The van der Waals surface area contributed by atoms with Crippen LogP contribution < -0.4 is 5.32 Å². The van der Waals surface area contributed by atoms with E-state index < -0.39 is 5.97 Å². The number of rotatable bonds is 6. The molecule has 4 nitrogen and oxygen atoms in total. The van der Waals surface area contributed by atoms with Gasteiger partial charge in [-0.3, -0.25) is 9.59 Å². The van der Waals surface area contributed by atoms with E-state index >= 15 is 0 Å². The molecule has 2 N–H and O–H groups in total. The van der Waals surface area contributed by atoms with Crippen LogP contribution in [0.3, 0.4) is 0 Å². The summed E-state index contributed by atoms with van der Waals surface area (Å²) in [5.41, 5.74) is 0.737. The Morgan fingerprint density at radius 2 is 2.05 bits per heavy atom. The first kappa shape index (κ1) is 15.1. The summed E-state index contributed by atoms with van der Waals surface area (Å²) in [5, 5.41) is 11.0. The number of carbonyl (C=O) groups excluding carboxylic acids is 1. The number of aliphatic carboxylic acids is 1. The Bertz CT molecular complexity index is 490. The summed E-state index contributed by atoms with van der Waals surface area (Å²) in [4.78, 5) is 23.1. The lowest BCUT2D eigenvalue weighted by molar-refractivity contribution is -0.136. The maximum atomic E-state index is 11.6. The highest BCUT2D eigenvalue weighted by atomic mass is 32.2. The number of benzene rings is 1. The smallest absolute Gasteiger partial charge is 0.307 e. The summed E-state index contributed by atoms with van der Waals surface area (Å²) < 4.78 is 0. The SMILES string of the molecule is C#CCNC(=O)C(C)Sc1ccc(CC(=O)O)cc1. The van der Waals surface area contributed by atoms with Crippen LogP contribution in [-0.4, -0.2) is 28.8 Å². The Kier molecular flexibility index (Phi) is 5.97. The Balaban J connectivity index is 2.55. The van der Waals surface area contributed by atoms with Gasteiger partial charge in [0.15, 0.2) is 0 Å². The highest BCUT2D eigenvalue weighted by Gasteiger charge is 2.13. The summed E-state index contributed by atoms with van der Waals surface area (Å²) in [6.07, 6.45) is 5.07. The molecule has 0 aromatic heterocycles. The predicted octanol–water partition coefficient (Wildman–Crippen LogP) is 1.54. The van der Waals surface area contributed by atoms with Crippen molar-refractivity contribution in [3.8, 4) is 12.3 Å². The van der Waals surface area contributed by atoms with Crippen molar-refractivity contribution in [2.24, 2.45) is 0 Å². The van der Waals surface area contributed by atoms with Gasteiger partial charge in [0.05, 0.1) is 18.2 Å². The summed E-state index contributed by atoms with van der Waals surface area (Å²) in [6, 6.07) is 7.13. The molecule has 0 aliphatic heterocycles. The van der Waals surface area contributed by atoms with Crippen molar-refractivity contribution in [2.75, 3.05) is 6.54 Å². The molecule has 5 heteroatoms. The highest BCUT2D eigenvalue weighted by molar-refractivity contribution is 8.00. The van der Waals surface area contributed by atoms with Crippen molar-refractivity contribution in [3.63, 3.8) is 0 Å². The molecule has 0 saturated heterocycles. The molecule has 19 heavy (non-hydrogen) atoms. The lowest BCUT2D eigenvalue weighted by Crippen LogP contribution is -2.30. The van der Waals surface area contributed by atoms with Gasteiger partial charge in [-0.05, 0) is 24.6 Å². The van der Waals surface area contributed by atoms with Gasteiger partial charge >= 0.3 is 5.97 Å². The lowest BCUT2D eigenvalue weighted by atomic mass is 10.2. The third kappa shape index (κ3) is 5.49. The molecule has 0 radical (unpaired) electrons. The van der Waals surface area contributed by atoms with Crippen molar-refractivity contribution in [2.45, 2.75) is 23.5 Å². The van der Waals surface area contributed by atoms with Crippen molar-refractivity contribution in [1.82, 2.24) is 5.32 Å². The Labute approximate surface area is 116 Å². The van der Waals surface area contributed by atoms with E-state index in [1.807, 2.05) is 12.1 Å². The number of carbonyl (C=O) groups is 2. The zero-order valence-corrected chi connectivity index (χ0v) is 11.4. The number of carboxylic acid groups (broad SMARTS) is 1. The van der Waals surface area contributed by atoms with Gasteiger partial charge < -0.3 is 10.4 Å². The molecule has 1 rings (SSSR count). The summed E-state index contributed by atoms with van der Waals surface area (Å²) in [7, 11) is 0. The molecule has 1 atom stereocenters. The van der Waals surface area contributed by atoms with E-state index in [2.05, 4.69) is 11.2 Å². The molecule has 1 amide bonds. The van der Waals surface area contributed by atoms with Crippen LogP contribution in [0.15, 0.2) is 29.2 Å². The van der Waals surface area contributed by atoms with Gasteiger partial charge in [0, 0.05) is 4.90 Å². The molecule has 0 heterocycles. The second-order valence-electron chi connectivity index (χ2n) is 3.90. The van der Waals surface area contributed by atoms with Gasteiger partial charge in [0.1, 0.15) is 0 Å². The van der Waals surface area contributed by atoms with Crippen LogP contribution in [0.1, 0.15) is 12.5 Å². The number of hydrogen-bond acceptors (Lipinski definition) is 3. The fraction of sp³-hybridized carbons (Fsp3) is 0.286. The van der Waals surface area contributed by atoms with E-state index in [0.29, 0.717) is 0 Å². The van der Waals surface area contributed by atoms with Gasteiger partial charge in [0.25, 0.3) is 0 Å². The van der Waals surface area contributed by atoms with Crippen LogP contribution >= 0.6 is 11.8 Å². The highest BCUT2D eigenvalue weighted by Crippen LogP contribution is 2.23. The maximum absolute atomic E-state index is 11.6. The third-order valence-electron chi connectivity index (χ3n) is 2.33. The van der Waals surface area contributed by atoms with Crippen molar-refractivity contribution >= 4 is 23.6 Å². The topological polar surface area (TPSA) is 66.4 Å². The van der Waals surface area contributed by atoms with E-state index in [1.165, 1.54) is 11.8 Å². The molecule has 0 spiro atoms. The minimum absolute atomic E-state index is 0.00313. The largest absolute Gasteiger partial charge is 0.481 e. The van der Waals surface area contributed by atoms with E-state index in [1.54, 1.807) is 19.1 Å². The average molecular weight is 277 g/mol. The molecule has 0 aliphatic rings. The lowest BCUT2D eigenvalue weighted by Gasteiger charge is -2.10. The maximum Gasteiger partial charge on any atom is 0.307 e. The number of terminal acetylenes is 1.